The number of aliphatic hydroxyl groups is 1. The highest BCUT2D eigenvalue weighted by atomic mass is 35.5. The monoisotopic (exact) mass is 303 g/mol. The molecule has 0 aliphatic heterocycles. The molecule has 2 rings (SSSR count). The van der Waals surface area contributed by atoms with Crippen LogP contribution in [0.15, 0.2) is 30.5 Å². The molecule has 21 heavy (non-hydrogen) atoms. The summed E-state index contributed by atoms with van der Waals surface area (Å²) in [6.07, 6.45) is 1.95. The van der Waals surface area contributed by atoms with Crippen LogP contribution in [0.1, 0.15) is 22.5 Å². The summed E-state index contributed by atoms with van der Waals surface area (Å²) in [5.74, 6) is 5.42. The first-order valence-electron chi connectivity index (χ1n) is 6.30. The summed E-state index contributed by atoms with van der Waals surface area (Å²) in [6.45, 7) is 0.0185. The summed E-state index contributed by atoms with van der Waals surface area (Å²) in [5.41, 5.74) is 1.63. The largest absolute Gasteiger partial charge is 0.395 e. The fraction of sp³-hybridized carbons (Fsp3) is 0.200. The molecular formula is C15H14ClN3O2. The number of rotatable bonds is 3. The van der Waals surface area contributed by atoms with E-state index in [1.54, 1.807) is 37.5 Å². The summed E-state index contributed by atoms with van der Waals surface area (Å²) in [7, 11) is 1.69. The lowest BCUT2D eigenvalue weighted by Crippen LogP contribution is -2.16. The van der Waals surface area contributed by atoms with Crippen LogP contribution in [0.5, 0.6) is 0 Å². The van der Waals surface area contributed by atoms with Gasteiger partial charge in [0, 0.05) is 25.2 Å². The van der Waals surface area contributed by atoms with Crippen molar-refractivity contribution in [1.29, 1.82) is 0 Å². The molecule has 108 valence electrons. The van der Waals surface area contributed by atoms with Gasteiger partial charge >= 0.3 is 0 Å². The number of aryl methyl sites for hydroxylation is 1. The molecule has 0 fully saturated rings. The Labute approximate surface area is 127 Å². The van der Waals surface area contributed by atoms with Crippen molar-refractivity contribution in [3.8, 4) is 11.8 Å². The van der Waals surface area contributed by atoms with E-state index in [0.29, 0.717) is 28.4 Å². The SMILES string of the molecule is Cn1nccc1C(=O)Nc1cc(C#CCCO)ccc1Cl. The summed E-state index contributed by atoms with van der Waals surface area (Å²) >= 11 is 6.08. The van der Waals surface area contributed by atoms with Crippen LogP contribution < -0.4 is 5.32 Å². The maximum Gasteiger partial charge on any atom is 0.273 e. The van der Waals surface area contributed by atoms with Gasteiger partial charge in [-0.25, -0.2) is 0 Å². The average molecular weight is 304 g/mol. The van der Waals surface area contributed by atoms with E-state index in [1.807, 2.05) is 0 Å². The molecule has 0 spiro atoms. The van der Waals surface area contributed by atoms with Crippen LogP contribution in [0.4, 0.5) is 5.69 Å². The van der Waals surface area contributed by atoms with Crippen LogP contribution in [-0.2, 0) is 7.05 Å². The normalized spacial score (nSPS) is 9.86. The molecular weight excluding hydrogens is 290 g/mol. The summed E-state index contributed by atoms with van der Waals surface area (Å²) in [5, 5.41) is 15.8. The number of hydrogen-bond acceptors (Lipinski definition) is 3. The number of nitrogens with one attached hydrogen (secondary N) is 1. The number of benzene rings is 1. The average Bonchev–Trinajstić information content (AvgIpc) is 2.89. The number of aromatic nitrogens is 2. The predicted molar refractivity (Wildman–Crippen MR) is 81.2 cm³/mol. The molecule has 6 heteroatoms. The zero-order valence-corrected chi connectivity index (χ0v) is 12.2. The quantitative estimate of drug-likeness (QED) is 0.853. The standard InChI is InChI=1S/C15H14ClN3O2/c1-19-14(7-8-17-19)15(21)18-13-10-11(4-2-3-9-20)5-6-12(13)16/h5-8,10,20H,3,9H2,1H3,(H,18,21). The van der Waals surface area contributed by atoms with E-state index < -0.39 is 0 Å². The molecule has 0 atom stereocenters. The number of carbonyl (C=O) groups is 1. The first kappa shape index (κ1) is 15.1. The van der Waals surface area contributed by atoms with Crippen molar-refractivity contribution in [2.45, 2.75) is 6.42 Å². The lowest BCUT2D eigenvalue weighted by Gasteiger charge is -2.08. The van der Waals surface area contributed by atoms with E-state index in [0.717, 1.165) is 0 Å². The molecule has 1 amide bonds. The van der Waals surface area contributed by atoms with Gasteiger partial charge in [-0.1, -0.05) is 23.4 Å². The van der Waals surface area contributed by atoms with Crippen molar-refractivity contribution in [2.75, 3.05) is 11.9 Å². The highest BCUT2D eigenvalue weighted by molar-refractivity contribution is 6.34. The third kappa shape index (κ3) is 3.85. The van der Waals surface area contributed by atoms with E-state index in [4.69, 9.17) is 16.7 Å². The van der Waals surface area contributed by atoms with E-state index in [-0.39, 0.29) is 12.5 Å². The van der Waals surface area contributed by atoms with Gasteiger partial charge in [-0.2, -0.15) is 5.10 Å². The molecule has 0 saturated carbocycles. The van der Waals surface area contributed by atoms with Gasteiger partial charge in [0.25, 0.3) is 5.91 Å². The van der Waals surface area contributed by atoms with Gasteiger partial charge in [0.2, 0.25) is 0 Å². The topological polar surface area (TPSA) is 67.2 Å². The molecule has 0 unspecified atom stereocenters. The fourth-order valence-corrected chi connectivity index (χ4v) is 1.87. The molecule has 2 N–H and O–H groups in total. The van der Waals surface area contributed by atoms with Gasteiger partial charge in [0.05, 0.1) is 17.3 Å². The Bertz CT molecular complexity index is 713. The maximum atomic E-state index is 12.1. The summed E-state index contributed by atoms with van der Waals surface area (Å²) in [4.78, 5) is 12.1. The Morgan fingerprint density at radius 2 is 2.29 bits per heavy atom. The highest BCUT2D eigenvalue weighted by Gasteiger charge is 2.12. The van der Waals surface area contributed by atoms with Gasteiger partial charge in [0.15, 0.2) is 0 Å². The third-order valence-electron chi connectivity index (χ3n) is 2.74. The lowest BCUT2D eigenvalue weighted by atomic mass is 10.2. The smallest absolute Gasteiger partial charge is 0.273 e. The molecule has 5 nitrogen and oxygen atoms in total. The lowest BCUT2D eigenvalue weighted by molar-refractivity contribution is 0.101. The minimum absolute atomic E-state index is 0.0185. The molecule has 0 saturated heterocycles. The van der Waals surface area contributed by atoms with Crippen molar-refractivity contribution in [3.05, 3.63) is 46.7 Å². The minimum Gasteiger partial charge on any atom is -0.395 e. The zero-order chi connectivity index (χ0) is 15.2. The van der Waals surface area contributed by atoms with Gasteiger partial charge in [-0.15, -0.1) is 0 Å². The van der Waals surface area contributed by atoms with Crippen LogP contribution in [0, 0.1) is 11.8 Å². The maximum absolute atomic E-state index is 12.1. The summed E-state index contributed by atoms with van der Waals surface area (Å²) < 4.78 is 1.48. The van der Waals surface area contributed by atoms with Gasteiger partial charge in [-0.05, 0) is 24.3 Å². The van der Waals surface area contributed by atoms with E-state index in [1.165, 1.54) is 4.68 Å². The van der Waals surface area contributed by atoms with Crippen LogP contribution in [0.2, 0.25) is 5.02 Å². The second-order valence-electron chi connectivity index (χ2n) is 4.26. The molecule has 0 bridgehead atoms. The predicted octanol–water partition coefficient (Wildman–Crippen LogP) is 2.06. The number of nitrogens with zero attached hydrogens (tertiary/aromatic N) is 2. The van der Waals surface area contributed by atoms with Crippen LogP contribution in [0.3, 0.4) is 0 Å². The molecule has 1 aromatic carbocycles. The number of hydrogen-bond donors (Lipinski definition) is 2. The number of carbonyl (C=O) groups excluding carboxylic acids is 1. The van der Waals surface area contributed by atoms with Crippen molar-refractivity contribution < 1.29 is 9.90 Å². The molecule has 1 aromatic heterocycles. The number of aliphatic hydroxyl groups excluding tert-OH is 1. The molecule has 0 aliphatic rings. The van der Waals surface area contributed by atoms with Crippen LogP contribution in [0.25, 0.3) is 0 Å². The third-order valence-corrected chi connectivity index (χ3v) is 3.07. The van der Waals surface area contributed by atoms with Crippen molar-refractivity contribution in [2.24, 2.45) is 7.05 Å². The van der Waals surface area contributed by atoms with Crippen molar-refractivity contribution >= 4 is 23.2 Å². The number of amides is 1. The van der Waals surface area contributed by atoms with Gasteiger partial charge in [-0.3, -0.25) is 9.48 Å². The molecule has 0 radical (unpaired) electrons. The Balaban J connectivity index is 2.20. The number of anilines is 1. The Hall–Kier alpha value is -2.29. The van der Waals surface area contributed by atoms with Crippen molar-refractivity contribution in [1.82, 2.24) is 9.78 Å². The Morgan fingerprint density at radius 3 is 2.95 bits per heavy atom. The van der Waals surface area contributed by atoms with Crippen molar-refractivity contribution in [3.63, 3.8) is 0 Å². The molecule has 1 heterocycles. The minimum atomic E-state index is -0.294. The second kappa shape index (κ2) is 6.93. The van der Waals surface area contributed by atoms with E-state index >= 15 is 0 Å². The first-order chi connectivity index (χ1) is 10.1. The molecule has 2 aromatic rings. The van der Waals surface area contributed by atoms with Gasteiger partial charge < -0.3 is 10.4 Å². The Kier molecular flexibility index (Phi) is 4.99. The number of halogens is 1. The zero-order valence-electron chi connectivity index (χ0n) is 11.4. The molecule has 0 aliphatic carbocycles. The van der Waals surface area contributed by atoms with Gasteiger partial charge in [0.1, 0.15) is 5.69 Å². The Morgan fingerprint density at radius 1 is 1.48 bits per heavy atom. The van der Waals surface area contributed by atoms with E-state index in [2.05, 4.69) is 22.3 Å². The first-order valence-corrected chi connectivity index (χ1v) is 6.68. The van der Waals surface area contributed by atoms with E-state index in [9.17, 15) is 4.79 Å². The second-order valence-corrected chi connectivity index (χ2v) is 4.67. The van der Waals surface area contributed by atoms with Crippen LogP contribution in [-0.4, -0.2) is 27.4 Å². The highest BCUT2D eigenvalue weighted by Crippen LogP contribution is 2.23. The summed E-state index contributed by atoms with van der Waals surface area (Å²) in [6, 6.07) is 6.74. The van der Waals surface area contributed by atoms with Crippen LogP contribution >= 0.6 is 11.6 Å². The fourth-order valence-electron chi connectivity index (χ4n) is 1.70.